The van der Waals surface area contributed by atoms with Crippen LogP contribution in [0.25, 0.3) is 0 Å². The van der Waals surface area contributed by atoms with E-state index in [2.05, 4.69) is 43.9 Å². The zero-order valence-electron chi connectivity index (χ0n) is 13.1. The van der Waals surface area contributed by atoms with Crippen molar-refractivity contribution in [3.8, 4) is 0 Å². The molecular formula is C17H28N2O. The third-order valence-corrected chi connectivity index (χ3v) is 4.28. The van der Waals surface area contributed by atoms with Gasteiger partial charge in [0, 0.05) is 19.1 Å². The van der Waals surface area contributed by atoms with Crippen molar-refractivity contribution >= 4 is 0 Å². The summed E-state index contributed by atoms with van der Waals surface area (Å²) in [7, 11) is 0. The monoisotopic (exact) mass is 276 g/mol. The van der Waals surface area contributed by atoms with E-state index >= 15 is 0 Å². The molecule has 20 heavy (non-hydrogen) atoms. The number of benzene rings is 1. The molecule has 1 aromatic rings. The molecule has 0 radical (unpaired) electrons. The van der Waals surface area contributed by atoms with Crippen LogP contribution in [0.5, 0.6) is 0 Å². The predicted octanol–water partition coefficient (Wildman–Crippen LogP) is 2.28. The van der Waals surface area contributed by atoms with Crippen LogP contribution in [0.4, 0.5) is 0 Å². The summed E-state index contributed by atoms with van der Waals surface area (Å²) in [5.74, 6) is 0. The summed E-state index contributed by atoms with van der Waals surface area (Å²) in [6.07, 6.45) is 2.26. The van der Waals surface area contributed by atoms with Crippen LogP contribution in [0.3, 0.4) is 0 Å². The number of nitrogens with two attached hydrogens (primary N) is 1. The zero-order chi connectivity index (χ0) is 14.5. The first-order valence-corrected chi connectivity index (χ1v) is 7.76. The smallest absolute Gasteiger partial charge is 0.0856 e. The maximum absolute atomic E-state index is 6.42. The standard InChI is InChI=1S/C17H28N2O/c1-4-8-19-9-10-20-17(12-19)16(18)11-15-13(2)6-5-7-14(15)3/h5-7,16-17H,4,8-12,18H2,1-3H3. The zero-order valence-corrected chi connectivity index (χ0v) is 13.1. The van der Waals surface area contributed by atoms with Crippen molar-refractivity contribution in [1.29, 1.82) is 0 Å². The first kappa shape index (κ1) is 15.5. The molecule has 1 saturated heterocycles. The van der Waals surface area contributed by atoms with E-state index < -0.39 is 0 Å². The Bertz CT molecular complexity index is 411. The van der Waals surface area contributed by atoms with Crippen LogP contribution < -0.4 is 5.73 Å². The minimum atomic E-state index is 0.0782. The number of hydrogen-bond donors (Lipinski definition) is 1. The molecule has 1 aliphatic heterocycles. The number of nitrogens with zero attached hydrogens (tertiary/aromatic N) is 1. The maximum Gasteiger partial charge on any atom is 0.0856 e. The molecule has 0 saturated carbocycles. The van der Waals surface area contributed by atoms with Crippen molar-refractivity contribution in [3.63, 3.8) is 0 Å². The molecular weight excluding hydrogens is 248 g/mol. The topological polar surface area (TPSA) is 38.5 Å². The highest BCUT2D eigenvalue weighted by Crippen LogP contribution is 2.18. The molecule has 1 aromatic carbocycles. The van der Waals surface area contributed by atoms with Crippen molar-refractivity contribution in [2.45, 2.75) is 45.8 Å². The lowest BCUT2D eigenvalue weighted by Crippen LogP contribution is -2.51. The number of morpholine rings is 1. The molecule has 2 unspecified atom stereocenters. The molecule has 2 N–H and O–H groups in total. The van der Waals surface area contributed by atoms with Crippen LogP contribution in [0.1, 0.15) is 30.0 Å². The number of ether oxygens (including phenoxy) is 1. The fourth-order valence-electron chi connectivity index (χ4n) is 3.05. The Hall–Kier alpha value is -0.900. The second-order valence-corrected chi connectivity index (χ2v) is 5.95. The van der Waals surface area contributed by atoms with Crippen molar-refractivity contribution < 1.29 is 4.74 Å². The Balaban J connectivity index is 1.99. The van der Waals surface area contributed by atoms with E-state index in [4.69, 9.17) is 10.5 Å². The molecule has 2 atom stereocenters. The summed E-state index contributed by atoms with van der Waals surface area (Å²) in [6.45, 7) is 10.5. The van der Waals surface area contributed by atoms with Gasteiger partial charge >= 0.3 is 0 Å². The Morgan fingerprint density at radius 1 is 1.35 bits per heavy atom. The van der Waals surface area contributed by atoms with Gasteiger partial charge in [0.2, 0.25) is 0 Å². The summed E-state index contributed by atoms with van der Waals surface area (Å²) in [5.41, 5.74) is 10.5. The molecule has 2 rings (SSSR count). The second-order valence-electron chi connectivity index (χ2n) is 5.95. The molecule has 0 spiro atoms. The van der Waals surface area contributed by atoms with Gasteiger partial charge in [0.05, 0.1) is 12.7 Å². The van der Waals surface area contributed by atoms with Crippen LogP contribution >= 0.6 is 0 Å². The van der Waals surface area contributed by atoms with E-state index in [9.17, 15) is 0 Å². The average Bonchev–Trinajstić information content (AvgIpc) is 2.43. The highest BCUT2D eigenvalue weighted by molar-refractivity contribution is 5.34. The molecule has 3 heteroatoms. The molecule has 0 aliphatic carbocycles. The van der Waals surface area contributed by atoms with Crippen LogP contribution in [0.2, 0.25) is 0 Å². The van der Waals surface area contributed by atoms with Gasteiger partial charge in [0.25, 0.3) is 0 Å². The molecule has 1 heterocycles. The summed E-state index contributed by atoms with van der Waals surface area (Å²) in [4.78, 5) is 2.47. The van der Waals surface area contributed by atoms with Gasteiger partial charge in [0.15, 0.2) is 0 Å². The van der Waals surface area contributed by atoms with E-state index in [-0.39, 0.29) is 12.1 Å². The summed E-state index contributed by atoms with van der Waals surface area (Å²) in [6, 6.07) is 6.52. The van der Waals surface area contributed by atoms with Crippen molar-refractivity contribution in [2.75, 3.05) is 26.2 Å². The third kappa shape index (κ3) is 3.81. The van der Waals surface area contributed by atoms with E-state index in [1.54, 1.807) is 0 Å². The largest absolute Gasteiger partial charge is 0.374 e. The summed E-state index contributed by atoms with van der Waals surface area (Å²) < 4.78 is 5.90. The lowest BCUT2D eigenvalue weighted by Gasteiger charge is -2.36. The quantitative estimate of drug-likeness (QED) is 0.896. The van der Waals surface area contributed by atoms with Crippen molar-refractivity contribution in [3.05, 3.63) is 34.9 Å². The van der Waals surface area contributed by atoms with Crippen LogP contribution in [-0.4, -0.2) is 43.3 Å². The number of rotatable bonds is 5. The average molecular weight is 276 g/mol. The van der Waals surface area contributed by atoms with Crippen molar-refractivity contribution in [1.82, 2.24) is 4.90 Å². The molecule has 0 aromatic heterocycles. The maximum atomic E-state index is 6.42. The van der Waals surface area contributed by atoms with Crippen molar-refractivity contribution in [2.24, 2.45) is 5.73 Å². The normalized spacial score (nSPS) is 21.9. The van der Waals surface area contributed by atoms with Gasteiger partial charge in [-0.1, -0.05) is 25.1 Å². The lowest BCUT2D eigenvalue weighted by atomic mass is 9.94. The SMILES string of the molecule is CCCN1CCOC(C(N)Cc2c(C)cccc2C)C1. The van der Waals surface area contributed by atoms with E-state index in [0.717, 1.165) is 32.7 Å². The van der Waals surface area contributed by atoms with Gasteiger partial charge in [-0.3, -0.25) is 4.90 Å². The van der Waals surface area contributed by atoms with Gasteiger partial charge in [-0.05, 0) is 49.9 Å². The highest BCUT2D eigenvalue weighted by Gasteiger charge is 2.26. The lowest BCUT2D eigenvalue weighted by molar-refractivity contribution is -0.0401. The fourth-order valence-corrected chi connectivity index (χ4v) is 3.05. The Morgan fingerprint density at radius 2 is 2.05 bits per heavy atom. The van der Waals surface area contributed by atoms with Gasteiger partial charge in [-0.2, -0.15) is 0 Å². The molecule has 0 amide bonds. The summed E-state index contributed by atoms with van der Waals surface area (Å²) >= 11 is 0. The molecule has 112 valence electrons. The number of aryl methyl sites for hydroxylation is 2. The van der Waals surface area contributed by atoms with Gasteiger partial charge < -0.3 is 10.5 Å². The molecule has 0 bridgehead atoms. The molecule has 1 aliphatic rings. The van der Waals surface area contributed by atoms with E-state index in [0.29, 0.717) is 0 Å². The van der Waals surface area contributed by atoms with Crippen LogP contribution in [0, 0.1) is 13.8 Å². The minimum absolute atomic E-state index is 0.0782. The Morgan fingerprint density at radius 3 is 2.70 bits per heavy atom. The third-order valence-electron chi connectivity index (χ3n) is 4.28. The highest BCUT2D eigenvalue weighted by atomic mass is 16.5. The van der Waals surface area contributed by atoms with E-state index in [1.165, 1.54) is 23.1 Å². The van der Waals surface area contributed by atoms with Crippen LogP contribution in [-0.2, 0) is 11.2 Å². The van der Waals surface area contributed by atoms with Gasteiger partial charge in [-0.25, -0.2) is 0 Å². The first-order chi connectivity index (χ1) is 9.61. The van der Waals surface area contributed by atoms with E-state index in [1.807, 2.05) is 0 Å². The Labute approximate surface area is 123 Å². The summed E-state index contributed by atoms with van der Waals surface area (Å²) in [5, 5.41) is 0. The van der Waals surface area contributed by atoms with Crippen LogP contribution in [0.15, 0.2) is 18.2 Å². The van der Waals surface area contributed by atoms with Gasteiger partial charge in [-0.15, -0.1) is 0 Å². The van der Waals surface area contributed by atoms with Gasteiger partial charge in [0.1, 0.15) is 0 Å². The fraction of sp³-hybridized carbons (Fsp3) is 0.647. The molecule has 1 fully saturated rings. The first-order valence-electron chi connectivity index (χ1n) is 7.76. The minimum Gasteiger partial charge on any atom is -0.374 e. The predicted molar refractivity (Wildman–Crippen MR) is 84.1 cm³/mol. The number of hydrogen-bond acceptors (Lipinski definition) is 3. The second kappa shape index (κ2) is 7.21. The molecule has 3 nitrogen and oxygen atoms in total. The Kier molecular flexibility index (Phi) is 5.58.